The van der Waals surface area contributed by atoms with E-state index in [0.29, 0.717) is 6.42 Å². The summed E-state index contributed by atoms with van der Waals surface area (Å²) < 4.78 is 4.91. The van der Waals surface area contributed by atoms with E-state index in [1.54, 1.807) is 12.2 Å². The van der Waals surface area contributed by atoms with Gasteiger partial charge in [0.2, 0.25) is 5.79 Å². The lowest BCUT2D eigenvalue weighted by Gasteiger charge is -2.29. The molecule has 1 aromatic rings. The molecule has 0 aliphatic heterocycles. The van der Waals surface area contributed by atoms with Gasteiger partial charge in [0.1, 0.15) is 5.60 Å². The van der Waals surface area contributed by atoms with E-state index in [9.17, 15) is 10.2 Å². The van der Waals surface area contributed by atoms with Crippen molar-refractivity contribution in [3.63, 3.8) is 0 Å². The molecule has 2 N–H and O–H groups in total. The van der Waals surface area contributed by atoms with E-state index in [4.69, 9.17) is 4.74 Å². The number of benzene rings is 1. The van der Waals surface area contributed by atoms with E-state index in [-0.39, 0.29) is 0 Å². The molecule has 1 aromatic carbocycles. The normalized spacial score (nSPS) is 29.6. The molecule has 0 amide bonds. The minimum absolute atomic E-state index is 0.564. The summed E-state index contributed by atoms with van der Waals surface area (Å²) in [5.41, 5.74) is 0.124. The third kappa shape index (κ3) is 3.77. The number of ether oxygens (including phenoxy) is 1. The van der Waals surface area contributed by atoms with Crippen LogP contribution in [0.3, 0.4) is 0 Å². The summed E-state index contributed by atoms with van der Waals surface area (Å²) in [5.74, 6) is -1.39. The second-order valence-electron chi connectivity index (χ2n) is 4.77. The highest BCUT2D eigenvalue weighted by molar-refractivity contribution is 5.27. The Morgan fingerprint density at radius 3 is 2.26 bits per heavy atom. The van der Waals surface area contributed by atoms with Crippen LogP contribution < -0.4 is 0 Å². The van der Waals surface area contributed by atoms with Crippen LogP contribution in [0.1, 0.15) is 18.4 Å². The summed E-state index contributed by atoms with van der Waals surface area (Å²) in [4.78, 5) is 0. The summed E-state index contributed by atoms with van der Waals surface area (Å²) in [6, 6.07) is 10.0. The van der Waals surface area contributed by atoms with Crippen molar-refractivity contribution in [1.29, 1.82) is 0 Å². The molecule has 1 aliphatic rings. The number of hydrogen-bond acceptors (Lipinski definition) is 3. The number of aliphatic hydroxyl groups is 2. The van der Waals surface area contributed by atoms with Gasteiger partial charge in [0, 0.05) is 7.11 Å². The lowest BCUT2D eigenvalue weighted by Crippen LogP contribution is -2.34. The van der Waals surface area contributed by atoms with Gasteiger partial charge in [0.05, 0.1) is 0 Å². The van der Waals surface area contributed by atoms with Crippen LogP contribution >= 0.6 is 0 Å². The van der Waals surface area contributed by atoms with Gasteiger partial charge in [-0.2, -0.15) is 0 Å². The summed E-state index contributed by atoms with van der Waals surface area (Å²) in [7, 11) is 1.42. The number of rotatable bonds is 5. The molecule has 1 aliphatic carbocycles. The maximum absolute atomic E-state index is 10.3. The van der Waals surface area contributed by atoms with Crippen molar-refractivity contribution < 1.29 is 14.9 Å². The van der Waals surface area contributed by atoms with Crippen LogP contribution in [0.25, 0.3) is 0 Å². The largest absolute Gasteiger partial charge is 0.382 e. The lowest BCUT2D eigenvalue weighted by molar-refractivity contribution is -0.110. The average molecular weight is 259 g/mol. The second kappa shape index (κ2) is 5.70. The van der Waals surface area contributed by atoms with Crippen molar-refractivity contribution in [2.75, 3.05) is 7.11 Å². The number of methoxy groups -OCH3 is 1. The molecular weight excluding hydrogens is 240 g/mol. The highest BCUT2D eigenvalue weighted by atomic mass is 16.6. The summed E-state index contributed by atoms with van der Waals surface area (Å²) in [6.45, 7) is 0. The Hall–Kier alpha value is -1.42. The molecule has 0 spiro atoms. The van der Waals surface area contributed by atoms with Gasteiger partial charge in [-0.05, 0) is 49.1 Å². The molecule has 0 saturated heterocycles. The summed E-state index contributed by atoms with van der Waals surface area (Å²) in [6.07, 6.45) is 9.49. The molecule has 1 radical (unpaired) electrons. The van der Waals surface area contributed by atoms with Crippen LogP contribution in [-0.2, 0) is 4.74 Å². The first-order valence-electron chi connectivity index (χ1n) is 6.34. The van der Waals surface area contributed by atoms with Gasteiger partial charge < -0.3 is 14.9 Å². The standard InChI is InChI=1S/C16H19O3/c1-19-16(18)12-10-15(17,11-13-16)9-5-8-14-6-3-2-4-7-14/h2-4,6-8,10-13,17-18H,5,9H2,1H3. The fraction of sp³-hybridized carbons (Fsp3) is 0.312. The maximum Gasteiger partial charge on any atom is 0.205 e. The fourth-order valence-corrected chi connectivity index (χ4v) is 2.00. The van der Waals surface area contributed by atoms with Crippen LogP contribution in [0.5, 0.6) is 0 Å². The molecule has 101 valence electrons. The molecule has 0 atom stereocenters. The van der Waals surface area contributed by atoms with Crippen LogP contribution in [0, 0.1) is 6.42 Å². The van der Waals surface area contributed by atoms with E-state index in [1.807, 2.05) is 30.3 Å². The van der Waals surface area contributed by atoms with Gasteiger partial charge in [-0.3, -0.25) is 0 Å². The van der Waals surface area contributed by atoms with E-state index in [0.717, 1.165) is 12.0 Å². The van der Waals surface area contributed by atoms with Crippen molar-refractivity contribution in [3.05, 3.63) is 66.6 Å². The topological polar surface area (TPSA) is 49.7 Å². The van der Waals surface area contributed by atoms with Crippen molar-refractivity contribution in [1.82, 2.24) is 0 Å². The fourth-order valence-electron chi connectivity index (χ4n) is 2.00. The zero-order chi connectivity index (χ0) is 13.8. The highest BCUT2D eigenvalue weighted by Gasteiger charge is 2.29. The van der Waals surface area contributed by atoms with Crippen LogP contribution in [0.15, 0.2) is 54.6 Å². The van der Waals surface area contributed by atoms with Crippen molar-refractivity contribution in [2.24, 2.45) is 0 Å². The summed E-state index contributed by atoms with van der Waals surface area (Å²) >= 11 is 0. The first-order valence-corrected chi connectivity index (χ1v) is 6.34. The molecular formula is C16H19O3. The smallest absolute Gasteiger partial charge is 0.205 e. The minimum atomic E-state index is -1.39. The third-order valence-corrected chi connectivity index (χ3v) is 3.27. The Labute approximate surface area is 113 Å². The minimum Gasteiger partial charge on any atom is -0.382 e. The van der Waals surface area contributed by atoms with Gasteiger partial charge in [0.25, 0.3) is 0 Å². The molecule has 0 heterocycles. The highest BCUT2D eigenvalue weighted by Crippen LogP contribution is 2.27. The van der Waals surface area contributed by atoms with E-state index in [1.165, 1.54) is 19.3 Å². The molecule has 0 saturated carbocycles. The quantitative estimate of drug-likeness (QED) is 0.629. The lowest BCUT2D eigenvalue weighted by atomic mass is 9.89. The number of hydrogen-bond donors (Lipinski definition) is 2. The molecule has 2 rings (SSSR count). The van der Waals surface area contributed by atoms with Crippen LogP contribution in [0.4, 0.5) is 0 Å². The van der Waals surface area contributed by atoms with Crippen LogP contribution in [-0.4, -0.2) is 28.7 Å². The first kappa shape index (κ1) is 14.0. The first-order chi connectivity index (χ1) is 9.05. The monoisotopic (exact) mass is 259 g/mol. The average Bonchev–Trinajstić information content (AvgIpc) is 2.44. The SMILES string of the molecule is COC1(O)C=CC(O)(CC[CH]c2ccccc2)C=C1. The Bertz CT molecular complexity index is 448. The Balaban J connectivity index is 1.87. The maximum atomic E-state index is 10.3. The molecule has 0 fully saturated rings. The molecule has 0 bridgehead atoms. The zero-order valence-corrected chi connectivity index (χ0v) is 11.0. The third-order valence-electron chi connectivity index (χ3n) is 3.27. The molecule has 3 nitrogen and oxygen atoms in total. The van der Waals surface area contributed by atoms with Gasteiger partial charge >= 0.3 is 0 Å². The second-order valence-corrected chi connectivity index (χ2v) is 4.77. The van der Waals surface area contributed by atoms with Gasteiger partial charge in [0.15, 0.2) is 0 Å². The van der Waals surface area contributed by atoms with Crippen LogP contribution in [0.2, 0.25) is 0 Å². The predicted octanol–water partition coefficient (Wildman–Crippen LogP) is 2.21. The molecule has 19 heavy (non-hydrogen) atoms. The van der Waals surface area contributed by atoms with E-state index >= 15 is 0 Å². The molecule has 0 unspecified atom stereocenters. The molecule has 0 aromatic heterocycles. The predicted molar refractivity (Wildman–Crippen MR) is 74.3 cm³/mol. The van der Waals surface area contributed by atoms with Crippen molar-refractivity contribution >= 4 is 0 Å². The van der Waals surface area contributed by atoms with Crippen molar-refractivity contribution in [3.8, 4) is 0 Å². The zero-order valence-electron chi connectivity index (χ0n) is 11.0. The Morgan fingerprint density at radius 2 is 1.68 bits per heavy atom. The van der Waals surface area contributed by atoms with Gasteiger partial charge in [-0.25, -0.2) is 0 Å². The molecule has 3 heteroatoms. The van der Waals surface area contributed by atoms with Gasteiger partial charge in [-0.15, -0.1) is 0 Å². The Kier molecular flexibility index (Phi) is 4.20. The van der Waals surface area contributed by atoms with E-state index in [2.05, 4.69) is 6.42 Å². The Morgan fingerprint density at radius 1 is 1.05 bits per heavy atom. The summed E-state index contributed by atoms with van der Waals surface area (Å²) in [5, 5.41) is 20.1. The van der Waals surface area contributed by atoms with E-state index < -0.39 is 11.4 Å². The van der Waals surface area contributed by atoms with Gasteiger partial charge in [-0.1, -0.05) is 30.3 Å². The van der Waals surface area contributed by atoms with Crippen molar-refractivity contribution in [2.45, 2.75) is 24.2 Å².